The highest BCUT2D eigenvalue weighted by Gasteiger charge is 2.30. The van der Waals surface area contributed by atoms with E-state index in [0.717, 1.165) is 12.1 Å². The first-order chi connectivity index (χ1) is 16.8. The number of nitrogens with one attached hydrogen (secondary N) is 1. The Hall–Kier alpha value is -4.19. The van der Waals surface area contributed by atoms with E-state index in [-0.39, 0.29) is 43.1 Å². The van der Waals surface area contributed by atoms with Crippen LogP contribution in [0.1, 0.15) is 21.6 Å². The van der Waals surface area contributed by atoms with E-state index in [9.17, 15) is 18.0 Å². The number of carbonyl (C=O) groups is 1. The Balaban J connectivity index is 1.51. The molecular formula is C23H20F3N5O4. The van der Waals surface area contributed by atoms with Crippen LogP contribution in [-0.2, 0) is 19.8 Å². The summed E-state index contributed by atoms with van der Waals surface area (Å²) in [6.07, 6.45) is -2.91. The van der Waals surface area contributed by atoms with Crippen LogP contribution >= 0.6 is 0 Å². The molecule has 182 valence electrons. The summed E-state index contributed by atoms with van der Waals surface area (Å²) < 4.78 is 50.8. The van der Waals surface area contributed by atoms with Gasteiger partial charge in [-0.3, -0.25) is 9.48 Å². The minimum atomic E-state index is -4.42. The molecule has 1 amide bonds. The van der Waals surface area contributed by atoms with Crippen LogP contribution in [0.25, 0.3) is 22.8 Å². The van der Waals surface area contributed by atoms with Crippen molar-refractivity contribution in [2.75, 3.05) is 13.2 Å². The van der Waals surface area contributed by atoms with Crippen molar-refractivity contribution >= 4 is 5.91 Å². The zero-order chi connectivity index (χ0) is 25.0. The van der Waals surface area contributed by atoms with Crippen LogP contribution in [0, 0.1) is 0 Å². The Morgan fingerprint density at radius 2 is 1.97 bits per heavy atom. The van der Waals surface area contributed by atoms with Gasteiger partial charge in [0.05, 0.1) is 29.6 Å². The maximum atomic E-state index is 12.8. The van der Waals surface area contributed by atoms with E-state index >= 15 is 0 Å². The Bertz CT molecular complexity index is 1320. The number of hydrogen-bond acceptors (Lipinski definition) is 7. The van der Waals surface area contributed by atoms with Crippen LogP contribution in [0.2, 0.25) is 0 Å². The van der Waals surface area contributed by atoms with Gasteiger partial charge in [0.1, 0.15) is 12.4 Å². The number of nitrogens with zero attached hydrogens (tertiary/aromatic N) is 4. The number of aryl methyl sites for hydroxylation is 1. The smallest absolute Gasteiger partial charge is 0.416 e. The lowest BCUT2D eigenvalue weighted by Crippen LogP contribution is -2.26. The molecule has 0 saturated heterocycles. The molecule has 0 aliphatic heterocycles. The minimum absolute atomic E-state index is 0.00454. The van der Waals surface area contributed by atoms with Crippen molar-refractivity contribution in [1.29, 1.82) is 0 Å². The number of benzene rings is 2. The van der Waals surface area contributed by atoms with Gasteiger partial charge in [0.25, 0.3) is 11.8 Å². The highest BCUT2D eigenvalue weighted by molar-refractivity contribution is 5.95. The second-order valence-electron chi connectivity index (χ2n) is 7.42. The van der Waals surface area contributed by atoms with E-state index < -0.39 is 11.7 Å². The van der Waals surface area contributed by atoms with Gasteiger partial charge in [0.15, 0.2) is 0 Å². The van der Waals surface area contributed by atoms with Gasteiger partial charge in [-0.2, -0.15) is 23.3 Å². The lowest BCUT2D eigenvalue weighted by Gasteiger charge is -2.10. The summed E-state index contributed by atoms with van der Waals surface area (Å²) in [4.78, 5) is 16.5. The fourth-order valence-electron chi connectivity index (χ4n) is 3.23. The molecule has 2 aromatic heterocycles. The third-order valence-corrected chi connectivity index (χ3v) is 5.06. The normalized spacial score (nSPS) is 11.5. The molecule has 2 N–H and O–H groups in total. The summed E-state index contributed by atoms with van der Waals surface area (Å²) in [7, 11) is 1.68. The fourth-order valence-corrected chi connectivity index (χ4v) is 3.23. The largest absolute Gasteiger partial charge is 0.487 e. The van der Waals surface area contributed by atoms with Crippen molar-refractivity contribution in [1.82, 2.24) is 25.2 Å². The van der Waals surface area contributed by atoms with E-state index in [0.29, 0.717) is 22.4 Å². The molecule has 4 rings (SSSR count). The van der Waals surface area contributed by atoms with Gasteiger partial charge in [-0.25, -0.2) is 0 Å². The first-order valence-electron chi connectivity index (χ1n) is 10.4. The Labute approximate surface area is 197 Å². The third-order valence-electron chi connectivity index (χ3n) is 5.06. The van der Waals surface area contributed by atoms with E-state index in [1.807, 2.05) is 0 Å². The fraction of sp³-hybridized carbons (Fsp3) is 0.217. The second kappa shape index (κ2) is 9.97. The molecular weight excluding hydrogens is 467 g/mol. The first kappa shape index (κ1) is 24.0. The number of halogens is 3. The molecule has 0 aliphatic carbocycles. The number of aliphatic hydroxyl groups excluding tert-OH is 1. The maximum Gasteiger partial charge on any atom is 0.416 e. The van der Waals surface area contributed by atoms with Gasteiger partial charge in [-0.1, -0.05) is 17.3 Å². The van der Waals surface area contributed by atoms with E-state index in [2.05, 4.69) is 20.6 Å². The number of rotatable bonds is 8. The molecule has 0 spiro atoms. The molecule has 0 radical (unpaired) electrons. The maximum absolute atomic E-state index is 12.8. The zero-order valence-corrected chi connectivity index (χ0v) is 18.4. The van der Waals surface area contributed by atoms with Crippen molar-refractivity contribution in [3.63, 3.8) is 0 Å². The summed E-state index contributed by atoms with van der Waals surface area (Å²) in [5.74, 6) is 0.316. The molecule has 2 heterocycles. The second-order valence-corrected chi connectivity index (χ2v) is 7.42. The summed E-state index contributed by atoms with van der Waals surface area (Å²) in [5.41, 5.74) is 1.21. The van der Waals surface area contributed by atoms with Crippen molar-refractivity contribution in [2.45, 2.75) is 12.8 Å². The highest BCUT2D eigenvalue weighted by Crippen LogP contribution is 2.31. The standard InChI is InChI=1S/C23H20F3N5O4/c1-31-19(13-34-17-7-5-16(6-8-17)23(24,25)26)18(12-28-31)22-29-20(30-35-22)14-3-2-4-15(11-14)21(33)27-9-10-32/h2-8,11-12,32H,9-10,13H2,1H3,(H,27,33). The molecule has 35 heavy (non-hydrogen) atoms. The molecule has 0 fully saturated rings. The van der Waals surface area contributed by atoms with Crippen molar-refractivity contribution in [3.8, 4) is 28.6 Å². The summed E-state index contributed by atoms with van der Waals surface area (Å²) in [6.45, 7) is -0.0428. The van der Waals surface area contributed by atoms with Gasteiger partial charge < -0.3 is 19.7 Å². The van der Waals surface area contributed by atoms with Crippen LogP contribution in [0.4, 0.5) is 13.2 Å². The number of alkyl halides is 3. The first-order valence-corrected chi connectivity index (χ1v) is 10.4. The molecule has 2 aromatic carbocycles. The SMILES string of the molecule is Cn1ncc(-c2nc(-c3cccc(C(=O)NCCO)c3)no2)c1COc1ccc(C(F)(F)F)cc1. The van der Waals surface area contributed by atoms with E-state index in [1.165, 1.54) is 23.0 Å². The van der Waals surface area contributed by atoms with E-state index in [1.54, 1.807) is 31.3 Å². The number of aromatic nitrogens is 4. The Morgan fingerprint density at radius 3 is 2.69 bits per heavy atom. The van der Waals surface area contributed by atoms with Crippen LogP contribution in [-0.4, -0.2) is 44.1 Å². The Kier molecular flexibility index (Phi) is 6.82. The molecule has 0 bridgehead atoms. The van der Waals surface area contributed by atoms with Gasteiger partial charge in [0, 0.05) is 24.7 Å². The average Bonchev–Trinajstić information content (AvgIpc) is 3.48. The molecule has 0 unspecified atom stereocenters. The number of amides is 1. The van der Waals surface area contributed by atoms with E-state index in [4.69, 9.17) is 14.4 Å². The topological polar surface area (TPSA) is 115 Å². The lowest BCUT2D eigenvalue weighted by molar-refractivity contribution is -0.137. The number of carbonyl (C=O) groups excluding carboxylic acids is 1. The predicted molar refractivity (Wildman–Crippen MR) is 117 cm³/mol. The van der Waals surface area contributed by atoms with Gasteiger partial charge >= 0.3 is 6.18 Å². The molecule has 0 saturated carbocycles. The third kappa shape index (κ3) is 5.49. The quantitative estimate of drug-likeness (QED) is 0.391. The minimum Gasteiger partial charge on any atom is -0.487 e. The van der Waals surface area contributed by atoms with Crippen LogP contribution in [0.15, 0.2) is 59.3 Å². The molecule has 0 atom stereocenters. The monoisotopic (exact) mass is 487 g/mol. The highest BCUT2D eigenvalue weighted by atomic mass is 19.4. The van der Waals surface area contributed by atoms with Gasteiger partial charge in [-0.15, -0.1) is 0 Å². The molecule has 9 nitrogen and oxygen atoms in total. The Morgan fingerprint density at radius 1 is 1.20 bits per heavy atom. The van der Waals surface area contributed by atoms with Crippen molar-refractivity contribution in [2.24, 2.45) is 7.05 Å². The average molecular weight is 487 g/mol. The molecule has 0 aliphatic rings. The molecule has 12 heteroatoms. The van der Waals surface area contributed by atoms with Gasteiger partial charge in [0.2, 0.25) is 5.82 Å². The predicted octanol–water partition coefficient (Wildman–Crippen LogP) is 3.46. The zero-order valence-electron chi connectivity index (χ0n) is 18.4. The summed E-state index contributed by atoms with van der Waals surface area (Å²) >= 11 is 0. The molecule has 4 aromatic rings. The van der Waals surface area contributed by atoms with Crippen molar-refractivity contribution in [3.05, 3.63) is 71.5 Å². The summed E-state index contributed by atoms with van der Waals surface area (Å²) in [5, 5.41) is 19.6. The number of hydrogen-bond donors (Lipinski definition) is 2. The number of ether oxygens (including phenoxy) is 1. The number of aliphatic hydroxyl groups is 1. The summed E-state index contributed by atoms with van der Waals surface area (Å²) in [6, 6.07) is 11.0. The lowest BCUT2D eigenvalue weighted by atomic mass is 10.1. The van der Waals surface area contributed by atoms with Crippen LogP contribution in [0.3, 0.4) is 0 Å². The van der Waals surface area contributed by atoms with Gasteiger partial charge in [-0.05, 0) is 36.4 Å². The van der Waals surface area contributed by atoms with Crippen molar-refractivity contribution < 1.29 is 32.3 Å². The van der Waals surface area contributed by atoms with Crippen LogP contribution < -0.4 is 10.1 Å². The van der Waals surface area contributed by atoms with Crippen LogP contribution in [0.5, 0.6) is 5.75 Å².